The van der Waals surface area contributed by atoms with Crippen LogP contribution in [0.5, 0.6) is 0 Å². The van der Waals surface area contributed by atoms with Gasteiger partial charge in [-0.3, -0.25) is 9.59 Å². The number of allylic oxidation sites excluding steroid dienone is 3. The molecule has 5 rings (SSSR count). The summed E-state index contributed by atoms with van der Waals surface area (Å²) in [7, 11) is 0. The summed E-state index contributed by atoms with van der Waals surface area (Å²) in [5.41, 5.74) is 3.74. The second kappa shape index (κ2) is 9.70. The van der Waals surface area contributed by atoms with E-state index in [-0.39, 0.29) is 23.0 Å². The molecule has 0 radical (unpaired) electrons. The molecule has 2 atom stereocenters. The van der Waals surface area contributed by atoms with Crippen molar-refractivity contribution in [3.8, 4) is 0 Å². The van der Waals surface area contributed by atoms with E-state index < -0.39 is 23.5 Å². The number of hydrogen-bond acceptors (Lipinski definition) is 3. The summed E-state index contributed by atoms with van der Waals surface area (Å²) in [6.45, 7) is 1.76. The maximum atomic E-state index is 14.3. The summed E-state index contributed by atoms with van der Waals surface area (Å²) in [5.74, 6) is -2.95. The lowest BCUT2D eigenvalue weighted by Crippen LogP contribution is -2.37. The minimum atomic E-state index is -0.885. The highest BCUT2D eigenvalue weighted by Gasteiger charge is 2.41. The molecule has 36 heavy (non-hydrogen) atoms. The summed E-state index contributed by atoms with van der Waals surface area (Å²) in [4.78, 5) is 27.1. The van der Waals surface area contributed by atoms with E-state index in [1.54, 1.807) is 25.1 Å². The number of anilines is 1. The van der Waals surface area contributed by atoms with Gasteiger partial charge in [-0.25, -0.2) is 8.78 Å². The zero-order valence-corrected chi connectivity index (χ0v) is 20.2. The Bertz CT molecular complexity index is 1430. The van der Waals surface area contributed by atoms with Gasteiger partial charge in [0.25, 0.3) is 5.91 Å². The first-order chi connectivity index (χ1) is 17.3. The van der Waals surface area contributed by atoms with Crippen LogP contribution in [-0.2, 0) is 9.59 Å². The predicted molar refractivity (Wildman–Crippen MR) is 135 cm³/mol. The highest BCUT2D eigenvalue weighted by molar-refractivity contribution is 6.30. The molecule has 0 spiro atoms. The zero-order valence-electron chi connectivity index (χ0n) is 19.4. The number of hydrogen-bond donors (Lipinski definition) is 2. The quantitative estimate of drug-likeness (QED) is 0.420. The normalized spacial score (nSPS) is 19.6. The topological polar surface area (TPSA) is 58.2 Å². The smallest absolute Gasteiger partial charge is 0.254 e. The lowest BCUT2D eigenvalue weighted by atomic mass is 9.71. The van der Waals surface area contributed by atoms with E-state index in [0.717, 1.165) is 17.3 Å². The first kappa shape index (κ1) is 23.9. The standard InChI is InChI=1S/C29H23ClF2N2O2/c1-16-26(29(36)34-23-11-10-21(31)15-22(23)32)27(18-8-5-9-20(30)12-18)28-24(33-16)13-19(14-25(28)35)17-6-3-2-4-7-17/h2-12,15,19,27,33H,13-14H2,1H3,(H,34,36)/t19-,27+/m0/s1. The lowest BCUT2D eigenvalue weighted by molar-refractivity contribution is -0.116. The van der Waals surface area contributed by atoms with Crippen LogP contribution in [0.2, 0.25) is 5.02 Å². The van der Waals surface area contributed by atoms with Gasteiger partial charge in [0.1, 0.15) is 11.6 Å². The minimum Gasteiger partial charge on any atom is -0.362 e. The Morgan fingerprint density at radius 3 is 2.44 bits per heavy atom. The van der Waals surface area contributed by atoms with Crippen LogP contribution >= 0.6 is 11.6 Å². The lowest BCUT2D eigenvalue weighted by Gasteiger charge is -2.37. The highest BCUT2D eigenvalue weighted by atomic mass is 35.5. The van der Waals surface area contributed by atoms with E-state index in [0.29, 0.717) is 40.8 Å². The van der Waals surface area contributed by atoms with Crippen LogP contribution < -0.4 is 10.6 Å². The molecule has 182 valence electrons. The molecule has 0 fully saturated rings. The van der Waals surface area contributed by atoms with Gasteiger partial charge in [0.15, 0.2) is 5.78 Å². The molecule has 7 heteroatoms. The van der Waals surface area contributed by atoms with Gasteiger partial charge >= 0.3 is 0 Å². The van der Waals surface area contributed by atoms with Gasteiger partial charge in [0.2, 0.25) is 0 Å². The number of halogens is 3. The van der Waals surface area contributed by atoms with Crippen LogP contribution in [0.15, 0.2) is 95.3 Å². The van der Waals surface area contributed by atoms with Gasteiger partial charge in [0, 0.05) is 46.0 Å². The Labute approximate surface area is 212 Å². The van der Waals surface area contributed by atoms with Gasteiger partial charge in [-0.1, -0.05) is 54.1 Å². The van der Waals surface area contributed by atoms with Gasteiger partial charge in [-0.05, 0) is 54.7 Å². The third-order valence-corrected chi connectivity index (χ3v) is 6.94. The molecule has 1 aliphatic carbocycles. The first-order valence-electron chi connectivity index (χ1n) is 11.6. The van der Waals surface area contributed by atoms with Crippen LogP contribution in [0.4, 0.5) is 14.5 Å². The van der Waals surface area contributed by atoms with E-state index in [1.165, 1.54) is 6.07 Å². The number of benzene rings is 3. The van der Waals surface area contributed by atoms with Crippen LogP contribution in [0, 0.1) is 11.6 Å². The Hall–Kier alpha value is -3.77. The molecule has 1 amide bonds. The van der Waals surface area contributed by atoms with Gasteiger partial charge < -0.3 is 10.6 Å². The van der Waals surface area contributed by atoms with E-state index >= 15 is 0 Å². The molecule has 0 aromatic heterocycles. The van der Waals surface area contributed by atoms with Crippen LogP contribution in [0.25, 0.3) is 0 Å². The summed E-state index contributed by atoms with van der Waals surface area (Å²) in [6, 6.07) is 19.9. The molecule has 0 saturated heterocycles. The number of carbonyl (C=O) groups is 2. The molecule has 0 bridgehead atoms. The number of rotatable bonds is 4. The summed E-state index contributed by atoms with van der Waals surface area (Å²) in [6.07, 6.45) is 0.920. The van der Waals surface area contributed by atoms with Crippen molar-refractivity contribution in [1.29, 1.82) is 0 Å². The van der Waals surface area contributed by atoms with Crippen molar-refractivity contribution in [2.75, 3.05) is 5.32 Å². The molecular formula is C29H23ClF2N2O2. The maximum absolute atomic E-state index is 14.3. The third kappa shape index (κ3) is 4.56. The Kier molecular flexibility index (Phi) is 6.46. The monoisotopic (exact) mass is 504 g/mol. The van der Waals surface area contributed by atoms with Gasteiger partial charge in [-0.2, -0.15) is 0 Å². The van der Waals surface area contributed by atoms with Crippen LogP contribution in [-0.4, -0.2) is 11.7 Å². The van der Waals surface area contributed by atoms with Crippen molar-refractivity contribution in [2.45, 2.75) is 31.6 Å². The summed E-state index contributed by atoms with van der Waals surface area (Å²) < 4.78 is 27.7. The fourth-order valence-corrected chi connectivity index (χ4v) is 5.30. The fourth-order valence-electron chi connectivity index (χ4n) is 5.10. The van der Waals surface area contributed by atoms with Crippen molar-refractivity contribution in [3.63, 3.8) is 0 Å². The van der Waals surface area contributed by atoms with Crippen LogP contribution in [0.3, 0.4) is 0 Å². The summed E-state index contributed by atoms with van der Waals surface area (Å²) in [5, 5.41) is 6.32. The SMILES string of the molecule is CC1=C(C(=O)Nc2ccc(F)cc2F)[C@@H](c2cccc(Cl)c2)C2=C(C[C@H](c3ccccc3)CC2=O)N1. The number of carbonyl (C=O) groups excluding carboxylic acids is 2. The number of ketones is 1. The Balaban J connectivity index is 1.57. The zero-order chi connectivity index (χ0) is 25.4. The number of dihydropyridines is 1. The largest absolute Gasteiger partial charge is 0.362 e. The van der Waals surface area contributed by atoms with Crippen molar-refractivity contribution in [1.82, 2.24) is 5.32 Å². The van der Waals surface area contributed by atoms with Crippen molar-refractivity contribution < 1.29 is 18.4 Å². The molecule has 4 nitrogen and oxygen atoms in total. The third-order valence-electron chi connectivity index (χ3n) is 6.70. The van der Waals surface area contributed by atoms with E-state index in [9.17, 15) is 18.4 Å². The van der Waals surface area contributed by atoms with Crippen molar-refractivity contribution in [3.05, 3.63) is 123 Å². The molecule has 3 aromatic carbocycles. The molecule has 1 aliphatic heterocycles. The van der Waals surface area contributed by atoms with E-state index in [2.05, 4.69) is 10.6 Å². The second-order valence-electron chi connectivity index (χ2n) is 9.06. The minimum absolute atomic E-state index is 0.0152. The van der Waals surface area contributed by atoms with E-state index in [1.807, 2.05) is 36.4 Å². The van der Waals surface area contributed by atoms with Crippen molar-refractivity contribution in [2.24, 2.45) is 0 Å². The second-order valence-corrected chi connectivity index (χ2v) is 9.50. The average Bonchev–Trinajstić information content (AvgIpc) is 2.85. The molecular weight excluding hydrogens is 482 g/mol. The van der Waals surface area contributed by atoms with E-state index in [4.69, 9.17) is 11.6 Å². The predicted octanol–water partition coefficient (Wildman–Crippen LogP) is 6.62. The van der Waals surface area contributed by atoms with Gasteiger partial charge in [-0.15, -0.1) is 0 Å². The molecule has 2 aliphatic rings. The number of Topliss-reactive ketones (excluding diaryl/α,β-unsaturated/α-hetero) is 1. The maximum Gasteiger partial charge on any atom is 0.254 e. The summed E-state index contributed by atoms with van der Waals surface area (Å²) >= 11 is 6.29. The highest BCUT2D eigenvalue weighted by Crippen LogP contribution is 2.46. The number of nitrogens with one attached hydrogen (secondary N) is 2. The molecule has 2 N–H and O–H groups in total. The van der Waals surface area contributed by atoms with Gasteiger partial charge in [0.05, 0.1) is 5.69 Å². The molecule has 1 heterocycles. The molecule has 3 aromatic rings. The molecule has 0 unspecified atom stereocenters. The average molecular weight is 505 g/mol. The Morgan fingerprint density at radius 1 is 0.972 bits per heavy atom. The number of amides is 1. The molecule has 0 saturated carbocycles. The van der Waals surface area contributed by atoms with Crippen LogP contribution in [0.1, 0.15) is 42.7 Å². The van der Waals surface area contributed by atoms with Crippen molar-refractivity contribution >= 4 is 29.0 Å². The fraction of sp³-hybridized carbons (Fsp3) is 0.172. The first-order valence-corrected chi connectivity index (χ1v) is 12.0. The Morgan fingerprint density at radius 2 is 1.72 bits per heavy atom.